The molecule has 13 heteroatoms. The smallest absolute Gasteiger partial charge is 0.337 e. The number of aromatic nitrogens is 4. The number of carboxylic acids is 1. The fourth-order valence-electron chi connectivity index (χ4n) is 4.31. The van der Waals surface area contributed by atoms with Gasteiger partial charge in [0, 0.05) is 44.2 Å². The molecule has 0 aliphatic heterocycles. The SMILES string of the molecule is COC(C(=O)N(C)OC)c1ccc(-c2nnc(C3CC3)o2)cc1.COC(C(=O)O)c1ccc(-c2nnc(C3CC3)o2)cc1. The molecule has 2 aliphatic rings. The minimum absolute atomic E-state index is 0.281. The molecular weight excluding hydrogens is 558 g/mol. The summed E-state index contributed by atoms with van der Waals surface area (Å²) in [5.41, 5.74) is 2.89. The molecule has 2 aromatic heterocycles. The number of carbonyl (C=O) groups excluding carboxylic acids is 1. The van der Waals surface area contributed by atoms with E-state index in [1.165, 1.54) is 21.3 Å². The van der Waals surface area contributed by atoms with Crippen molar-refractivity contribution in [3.63, 3.8) is 0 Å². The molecule has 1 N–H and O–H groups in total. The average Bonchev–Trinajstić information content (AvgIpc) is 3.96. The van der Waals surface area contributed by atoms with Gasteiger partial charge in [-0.05, 0) is 61.1 Å². The second-order valence-corrected chi connectivity index (χ2v) is 10.3. The number of nitrogens with zero attached hydrogens (tertiary/aromatic N) is 5. The molecule has 13 nitrogen and oxygen atoms in total. The summed E-state index contributed by atoms with van der Waals surface area (Å²) in [5, 5.41) is 26.3. The molecule has 0 saturated heterocycles. The third-order valence-corrected chi connectivity index (χ3v) is 7.16. The average molecular weight is 592 g/mol. The Balaban J connectivity index is 0.000000173. The van der Waals surface area contributed by atoms with Gasteiger partial charge in [0.1, 0.15) is 0 Å². The lowest BCUT2D eigenvalue weighted by molar-refractivity contribution is -0.179. The van der Waals surface area contributed by atoms with E-state index in [9.17, 15) is 9.59 Å². The number of likely N-dealkylation sites (N-methyl/N-ethyl adjacent to an activating group) is 1. The first-order chi connectivity index (χ1) is 20.8. The number of methoxy groups -OCH3 is 2. The fourth-order valence-corrected chi connectivity index (χ4v) is 4.31. The Labute approximate surface area is 247 Å². The van der Waals surface area contributed by atoms with E-state index in [0.29, 0.717) is 41.0 Å². The minimum atomic E-state index is -1.02. The number of rotatable bonds is 11. The highest BCUT2D eigenvalue weighted by Crippen LogP contribution is 2.40. The van der Waals surface area contributed by atoms with Gasteiger partial charge in [0.05, 0.1) is 7.11 Å². The standard InChI is InChI=1S/C16H19N3O4.C14H14N2O4/c1-19(22-3)16(20)13(21-2)10-4-6-11(7-5-10)14-17-18-15(23-14)12-8-9-12;1-19-11(14(17)18)8-2-4-9(5-3-8)12-15-16-13(20-12)10-6-7-10/h4-7,12-13H,8-9H2,1-3H3;2-5,10-11H,6-7H2,1H3,(H,17,18). The lowest BCUT2D eigenvalue weighted by Crippen LogP contribution is -2.31. The van der Waals surface area contributed by atoms with Crippen molar-refractivity contribution in [2.45, 2.75) is 49.7 Å². The van der Waals surface area contributed by atoms with Gasteiger partial charge in [0.15, 0.2) is 12.2 Å². The van der Waals surface area contributed by atoms with Gasteiger partial charge in [-0.2, -0.15) is 0 Å². The van der Waals surface area contributed by atoms with Crippen LogP contribution in [-0.4, -0.2) is 70.8 Å². The maximum absolute atomic E-state index is 12.2. The van der Waals surface area contributed by atoms with Gasteiger partial charge < -0.3 is 23.4 Å². The third-order valence-electron chi connectivity index (χ3n) is 7.16. The maximum atomic E-state index is 12.2. The predicted molar refractivity (Wildman–Crippen MR) is 150 cm³/mol. The molecule has 1 amide bonds. The topological polar surface area (TPSA) is 163 Å². The van der Waals surface area contributed by atoms with Gasteiger partial charge in [-0.1, -0.05) is 24.3 Å². The summed E-state index contributed by atoms with van der Waals surface area (Å²) >= 11 is 0. The Bertz CT molecular complexity index is 1530. The second kappa shape index (κ2) is 13.2. The number of benzene rings is 2. The summed E-state index contributed by atoms with van der Waals surface area (Å²) in [4.78, 5) is 28.1. The normalized spacial score (nSPS) is 15.7. The number of hydroxylamine groups is 2. The molecular formula is C30H33N5O8. The van der Waals surface area contributed by atoms with Crippen LogP contribution in [0.15, 0.2) is 57.4 Å². The van der Waals surface area contributed by atoms with Crippen molar-refractivity contribution in [2.75, 3.05) is 28.4 Å². The summed E-state index contributed by atoms with van der Waals surface area (Å²) in [7, 11) is 5.83. The number of aliphatic carboxylic acids is 1. The van der Waals surface area contributed by atoms with Crippen molar-refractivity contribution < 1.29 is 37.8 Å². The van der Waals surface area contributed by atoms with Crippen LogP contribution in [0.1, 0.15) is 72.6 Å². The predicted octanol–water partition coefficient (Wildman–Crippen LogP) is 4.71. The molecule has 2 fully saturated rings. The van der Waals surface area contributed by atoms with Crippen LogP contribution in [0.25, 0.3) is 22.9 Å². The van der Waals surface area contributed by atoms with Crippen LogP contribution >= 0.6 is 0 Å². The first-order valence-corrected chi connectivity index (χ1v) is 13.8. The molecule has 226 valence electrons. The largest absolute Gasteiger partial charge is 0.479 e. The lowest BCUT2D eigenvalue weighted by atomic mass is 10.1. The summed E-state index contributed by atoms with van der Waals surface area (Å²) in [5.74, 6) is 1.89. The molecule has 4 aromatic rings. The molecule has 2 heterocycles. The highest BCUT2D eigenvalue weighted by molar-refractivity contribution is 5.81. The third kappa shape index (κ3) is 7.13. The molecule has 2 aromatic carbocycles. The molecule has 6 rings (SSSR count). The maximum Gasteiger partial charge on any atom is 0.337 e. The Morgan fingerprint density at radius 1 is 0.744 bits per heavy atom. The van der Waals surface area contributed by atoms with Crippen LogP contribution < -0.4 is 0 Å². The second-order valence-electron chi connectivity index (χ2n) is 10.3. The Morgan fingerprint density at radius 3 is 1.51 bits per heavy atom. The van der Waals surface area contributed by atoms with Crippen molar-refractivity contribution in [1.82, 2.24) is 25.5 Å². The van der Waals surface area contributed by atoms with E-state index in [-0.39, 0.29) is 5.91 Å². The van der Waals surface area contributed by atoms with Crippen LogP contribution in [0.2, 0.25) is 0 Å². The van der Waals surface area contributed by atoms with Gasteiger partial charge in [-0.25, -0.2) is 9.86 Å². The molecule has 0 bridgehead atoms. The number of carboxylic acid groups (broad SMARTS) is 1. The molecule has 0 radical (unpaired) electrons. The number of hydrogen-bond acceptors (Lipinski definition) is 11. The van der Waals surface area contributed by atoms with E-state index < -0.39 is 18.2 Å². The summed E-state index contributed by atoms with van der Waals surface area (Å²) in [6.07, 6.45) is 2.76. The molecule has 2 aliphatic carbocycles. The number of ether oxygens (including phenoxy) is 2. The van der Waals surface area contributed by atoms with Crippen molar-refractivity contribution >= 4 is 11.9 Å². The van der Waals surface area contributed by atoms with Gasteiger partial charge in [-0.3, -0.25) is 9.63 Å². The first kappa shape index (κ1) is 30.0. The highest BCUT2D eigenvalue weighted by Gasteiger charge is 2.31. The first-order valence-electron chi connectivity index (χ1n) is 13.8. The Hall–Kier alpha value is -4.46. The van der Waals surface area contributed by atoms with E-state index in [0.717, 1.165) is 47.4 Å². The van der Waals surface area contributed by atoms with E-state index in [1.807, 2.05) is 24.3 Å². The Morgan fingerprint density at radius 2 is 1.16 bits per heavy atom. The molecule has 0 spiro atoms. The van der Waals surface area contributed by atoms with Gasteiger partial charge in [-0.15, -0.1) is 20.4 Å². The number of amides is 1. The van der Waals surface area contributed by atoms with Gasteiger partial charge in [0.2, 0.25) is 23.6 Å². The van der Waals surface area contributed by atoms with Crippen LogP contribution in [0.5, 0.6) is 0 Å². The molecule has 2 saturated carbocycles. The monoisotopic (exact) mass is 591 g/mol. The van der Waals surface area contributed by atoms with Crippen molar-refractivity contribution in [3.05, 3.63) is 71.4 Å². The fraction of sp³-hybridized carbons (Fsp3) is 0.400. The van der Waals surface area contributed by atoms with Crippen LogP contribution in [0.4, 0.5) is 0 Å². The molecule has 43 heavy (non-hydrogen) atoms. The lowest BCUT2D eigenvalue weighted by Gasteiger charge is -2.20. The number of hydrogen-bond donors (Lipinski definition) is 1. The molecule has 2 unspecified atom stereocenters. The van der Waals surface area contributed by atoms with Crippen LogP contribution in [0, 0.1) is 0 Å². The summed E-state index contributed by atoms with van der Waals surface area (Å²) in [6.45, 7) is 0. The van der Waals surface area contributed by atoms with Crippen LogP contribution in [0.3, 0.4) is 0 Å². The quantitative estimate of drug-likeness (QED) is 0.239. The highest BCUT2D eigenvalue weighted by atomic mass is 16.7. The van der Waals surface area contributed by atoms with Crippen molar-refractivity contribution in [3.8, 4) is 22.9 Å². The van der Waals surface area contributed by atoms with E-state index in [1.54, 1.807) is 31.3 Å². The van der Waals surface area contributed by atoms with Gasteiger partial charge >= 0.3 is 5.97 Å². The van der Waals surface area contributed by atoms with E-state index >= 15 is 0 Å². The van der Waals surface area contributed by atoms with Gasteiger partial charge in [0.25, 0.3) is 5.91 Å². The van der Waals surface area contributed by atoms with E-state index in [4.69, 9.17) is 28.3 Å². The zero-order valence-corrected chi connectivity index (χ0v) is 24.3. The summed E-state index contributed by atoms with van der Waals surface area (Å²) < 4.78 is 21.5. The van der Waals surface area contributed by atoms with Crippen LogP contribution in [-0.2, 0) is 23.9 Å². The minimum Gasteiger partial charge on any atom is -0.479 e. The van der Waals surface area contributed by atoms with Crippen molar-refractivity contribution in [2.24, 2.45) is 0 Å². The number of carbonyl (C=O) groups is 2. The molecule has 2 atom stereocenters. The zero-order valence-electron chi connectivity index (χ0n) is 24.3. The Kier molecular flexibility index (Phi) is 9.24. The zero-order chi connectivity index (χ0) is 30.5. The summed E-state index contributed by atoms with van der Waals surface area (Å²) in [6, 6.07) is 14.2. The van der Waals surface area contributed by atoms with E-state index in [2.05, 4.69) is 20.4 Å². The van der Waals surface area contributed by atoms with Crippen molar-refractivity contribution in [1.29, 1.82) is 0 Å².